The summed E-state index contributed by atoms with van der Waals surface area (Å²) in [5.74, 6) is 0.438. The lowest BCUT2D eigenvalue weighted by molar-refractivity contribution is -0.128. The summed E-state index contributed by atoms with van der Waals surface area (Å²) in [7, 11) is 0. The highest BCUT2D eigenvalue weighted by Crippen LogP contribution is 2.26. The van der Waals surface area contributed by atoms with Crippen molar-refractivity contribution >= 4 is 5.91 Å². The summed E-state index contributed by atoms with van der Waals surface area (Å²) in [6.07, 6.45) is 3.29. The van der Waals surface area contributed by atoms with Crippen molar-refractivity contribution in [2.24, 2.45) is 11.7 Å². The van der Waals surface area contributed by atoms with Gasteiger partial charge in [0.15, 0.2) is 0 Å². The van der Waals surface area contributed by atoms with E-state index in [2.05, 4.69) is 5.32 Å². The Morgan fingerprint density at radius 1 is 1.58 bits per heavy atom. The van der Waals surface area contributed by atoms with Gasteiger partial charge in [-0.05, 0) is 26.7 Å². The zero-order valence-corrected chi connectivity index (χ0v) is 7.89. The van der Waals surface area contributed by atoms with E-state index in [0.717, 1.165) is 12.8 Å². The molecule has 0 atom stereocenters. The molecule has 0 heterocycles. The van der Waals surface area contributed by atoms with Gasteiger partial charge in [0, 0.05) is 18.0 Å². The van der Waals surface area contributed by atoms with Gasteiger partial charge in [0.1, 0.15) is 0 Å². The Bertz CT molecular complexity index is 173. The number of amides is 1. The van der Waals surface area contributed by atoms with Gasteiger partial charge in [-0.25, -0.2) is 0 Å². The standard InChI is InChI=1S/C9H18N2O/c1-9(2,6-10)11-8(12)7-4-3-5-7/h7H,3-6,10H2,1-2H3,(H,11,12). The number of rotatable bonds is 3. The van der Waals surface area contributed by atoms with E-state index >= 15 is 0 Å². The van der Waals surface area contributed by atoms with Crippen LogP contribution < -0.4 is 11.1 Å². The molecule has 1 saturated carbocycles. The molecule has 1 aliphatic rings. The summed E-state index contributed by atoms with van der Waals surface area (Å²) < 4.78 is 0. The minimum Gasteiger partial charge on any atom is -0.350 e. The molecular formula is C9H18N2O. The number of carbonyl (C=O) groups is 1. The van der Waals surface area contributed by atoms with E-state index in [4.69, 9.17) is 5.73 Å². The van der Waals surface area contributed by atoms with Gasteiger partial charge in [0.05, 0.1) is 0 Å². The molecule has 0 unspecified atom stereocenters. The monoisotopic (exact) mass is 170 g/mol. The van der Waals surface area contributed by atoms with Crippen molar-refractivity contribution in [2.45, 2.75) is 38.6 Å². The number of nitrogens with one attached hydrogen (secondary N) is 1. The molecular weight excluding hydrogens is 152 g/mol. The van der Waals surface area contributed by atoms with Gasteiger partial charge in [-0.15, -0.1) is 0 Å². The van der Waals surface area contributed by atoms with Gasteiger partial charge in [-0.2, -0.15) is 0 Å². The number of hydrogen-bond acceptors (Lipinski definition) is 2. The van der Waals surface area contributed by atoms with Gasteiger partial charge in [0.2, 0.25) is 5.91 Å². The Labute approximate surface area is 73.7 Å². The Kier molecular flexibility index (Phi) is 2.73. The maximum Gasteiger partial charge on any atom is 0.223 e. The molecule has 0 aromatic heterocycles. The minimum atomic E-state index is -0.243. The first-order chi connectivity index (χ1) is 5.55. The van der Waals surface area contributed by atoms with Crippen LogP contribution in [0.1, 0.15) is 33.1 Å². The SMILES string of the molecule is CC(C)(CN)NC(=O)C1CCC1. The van der Waals surface area contributed by atoms with E-state index in [1.54, 1.807) is 0 Å². The van der Waals surface area contributed by atoms with Crippen molar-refractivity contribution in [1.82, 2.24) is 5.32 Å². The number of carbonyl (C=O) groups excluding carboxylic acids is 1. The van der Waals surface area contributed by atoms with E-state index in [0.29, 0.717) is 6.54 Å². The van der Waals surface area contributed by atoms with Crippen LogP contribution >= 0.6 is 0 Å². The molecule has 1 rings (SSSR count). The molecule has 0 aliphatic heterocycles. The summed E-state index contributed by atoms with van der Waals surface area (Å²) in [5, 5.41) is 2.94. The minimum absolute atomic E-state index is 0.178. The molecule has 1 aliphatic carbocycles. The van der Waals surface area contributed by atoms with Gasteiger partial charge in [-0.1, -0.05) is 6.42 Å². The zero-order valence-electron chi connectivity index (χ0n) is 7.89. The van der Waals surface area contributed by atoms with E-state index < -0.39 is 0 Å². The third-order valence-corrected chi connectivity index (χ3v) is 2.45. The summed E-state index contributed by atoms with van der Waals surface area (Å²) in [6, 6.07) is 0. The molecule has 70 valence electrons. The van der Waals surface area contributed by atoms with Crippen LogP contribution in [0.5, 0.6) is 0 Å². The fraction of sp³-hybridized carbons (Fsp3) is 0.889. The fourth-order valence-electron chi connectivity index (χ4n) is 1.16. The lowest BCUT2D eigenvalue weighted by atomic mass is 9.84. The van der Waals surface area contributed by atoms with Crippen molar-refractivity contribution in [3.8, 4) is 0 Å². The third-order valence-electron chi connectivity index (χ3n) is 2.45. The zero-order chi connectivity index (χ0) is 9.19. The molecule has 3 heteroatoms. The van der Waals surface area contributed by atoms with Crippen LogP contribution in [0.4, 0.5) is 0 Å². The molecule has 0 aromatic rings. The largest absolute Gasteiger partial charge is 0.350 e. The average molecular weight is 170 g/mol. The molecule has 0 radical (unpaired) electrons. The van der Waals surface area contributed by atoms with Crippen LogP contribution in [0.15, 0.2) is 0 Å². The van der Waals surface area contributed by atoms with Crippen LogP contribution in [-0.4, -0.2) is 18.0 Å². The third kappa shape index (κ3) is 2.21. The Hall–Kier alpha value is -0.570. The van der Waals surface area contributed by atoms with Crippen molar-refractivity contribution in [1.29, 1.82) is 0 Å². The second kappa shape index (κ2) is 3.44. The van der Waals surface area contributed by atoms with Crippen LogP contribution in [-0.2, 0) is 4.79 Å². The molecule has 3 nitrogen and oxygen atoms in total. The van der Waals surface area contributed by atoms with E-state index in [-0.39, 0.29) is 17.4 Å². The summed E-state index contributed by atoms with van der Waals surface area (Å²) >= 11 is 0. The molecule has 1 amide bonds. The van der Waals surface area contributed by atoms with E-state index in [1.165, 1.54) is 6.42 Å². The molecule has 1 fully saturated rings. The van der Waals surface area contributed by atoms with Crippen LogP contribution in [0.25, 0.3) is 0 Å². The smallest absolute Gasteiger partial charge is 0.223 e. The molecule has 0 bridgehead atoms. The molecule has 0 spiro atoms. The van der Waals surface area contributed by atoms with Crippen molar-refractivity contribution < 1.29 is 4.79 Å². The average Bonchev–Trinajstić information content (AvgIpc) is 1.82. The summed E-state index contributed by atoms with van der Waals surface area (Å²) in [5.41, 5.74) is 5.26. The maximum absolute atomic E-state index is 11.4. The van der Waals surface area contributed by atoms with Gasteiger partial charge < -0.3 is 11.1 Å². The van der Waals surface area contributed by atoms with E-state index in [1.807, 2.05) is 13.8 Å². The summed E-state index contributed by atoms with van der Waals surface area (Å²) in [4.78, 5) is 11.4. The molecule has 0 saturated heterocycles. The lowest BCUT2D eigenvalue weighted by Gasteiger charge is -2.30. The second-order valence-electron chi connectivity index (χ2n) is 4.21. The Morgan fingerprint density at radius 2 is 2.17 bits per heavy atom. The highest BCUT2D eigenvalue weighted by atomic mass is 16.2. The van der Waals surface area contributed by atoms with Gasteiger partial charge >= 0.3 is 0 Å². The maximum atomic E-state index is 11.4. The molecule has 12 heavy (non-hydrogen) atoms. The van der Waals surface area contributed by atoms with Crippen LogP contribution in [0.2, 0.25) is 0 Å². The van der Waals surface area contributed by atoms with Gasteiger partial charge in [0.25, 0.3) is 0 Å². The summed E-state index contributed by atoms with van der Waals surface area (Å²) in [6.45, 7) is 4.39. The topological polar surface area (TPSA) is 55.1 Å². The lowest BCUT2D eigenvalue weighted by Crippen LogP contribution is -2.51. The first kappa shape index (κ1) is 9.52. The highest BCUT2D eigenvalue weighted by molar-refractivity contribution is 5.80. The predicted molar refractivity (Wildman–Crippen MR) is 48.6 cm³/mol. The van der Waals surface area contributed by atoms with Crippen molar-refractivity contribution in [3.63, 3.8) is 0 Å². The van der Waals surface area contributed by atoms with Gasteiger partial charge in [-0.3, -0.25) is 4.79 Å². The fourth-order valence-corrected chi connectivity index (χ4v) is 1.16. The molecule has 3 N–H and O–H groups in total. The van der Waals surface area contributed by atoms with Crippen molar-refractivity contribution in [2.75, 3.05) is 6.54 Å². The van der Waals surface area contributed by atoms with Crippen LogP contribution in [0.3, 0.4) is 0 Å². The highest BCUT2D eigenvalue weighted by Gasteiger charge is 2.28. The second-order valence-corrected chi connectivity index (χ2v) is 4.21. The Balaban J connectivity index is 2.34. The number of hydrogen-bond donors (Lipinski definition) is 2. The molecule has 0 aromatic carbocycles. The first-order valence-corrected chi connectivity index (χ1v) is 4.57. The first-order valence-electron chi connectivity index (χ1n) is 4.57. The number of nitrogens with two attached hydrogens (primary N) is 1. The van der Waals surface area contributed by atoms with Crippen LogP contribution in [0, 0.1) is 5.92 Å². The predicted octanol–water partition coefficient (Wildman–Crippen LogP) is 0.640. The Morgan fingerprint density at radius 3 is 2.50 bits per heavy atom. The normalized spacial score (nSPS) is 18.6. The van der Waals surface area contributed by atoms with E-state index in [9.17, 15) is 4.79 Å². The van der Waals surface area contributed by atoms with Crippen molar-refractivity contribution in [3.05, 3.63) is 0 Å². The quantitative estimate of drug-likeness (QED) is 0.653.